The predicted octanol–water partition coefficient (Wildman–Crippen LogP) is 2.76. The zero-order valence-electron chi connectivity index (χ0n) is 12.3. The summed E-state index contributed by atoms with van der Waals surface area (Å²) in [6.07, 6.45) is 2.55. The van der Waals surface area contributed by atoms with Crippen molar-refractivity contribution >= 4 is 17.2 Å². The van der Waals surface area contributed by atoms with Crippen LogP contribution in [0.2, 0.25) is 0 Å². The van der Waals surface area contributed by atoms with E-state index in [1.165, 1.54) is 4.88 Å². The maximum Gasteiger partial charge on any atom is 0.222 e. The molecule has 1 atom stereocenters. The molecule has 0 aliphatic heterocycles. The van der Waals surface area contributed by atoms with E-state index in [2.05, 4.69) is 31.4 Å². The molecular formula is C15H26N2OS. The zero-order valence-corrected chi connectivity index (χ0v) is 13.1. The fraction of sp³-hybridized carbons (Fsp3) is 0.667. The van der Waals surface area contributed by atoms with Crippen molar-refractivity contribution in [3.63, 3.8) is 0 Å². The van der Waals surface area contributed by atoms with Crippen LogP contribution in [-0.4, -0.2) is 30.9 Å². The van der Waals surface area contributed by atoms with Gasteiger partial charge in [0, 0.05) is 24.9 Å². The number of nitrogens with two attached hydrogens (primary N) is 1. The second-order valence-corrected chi connectivity index (χ2v) is 6.61. The SMILES string of the molecule is CC(C)C[C@H](CN)CC(=O)N(C)CCc1cccs1. The molecule has 1 rings (SSSR count). The van der Waals surface area contributed by atoms with Crippen molar-refractivity contribution in [2.75, 3.05) is 20.1 Å². The molecule has 0 aromatic carbocycles. The molecular weight excluding hydrogens is 256 g/mol. The topological polar surface area (TPSA) is 46.3 Å². The normalized spacial score (nSPS) is 12.7. The van der Waals surface area contributed by atoms with Gasteiger partial charge in [0.1, 0.15) is 0 Å². The first-order valence-corrected chi connectivity index (χ1v) is 7.87. The molecule has 0 saturated heterocycles. The number of thiophene rings is 1. The van der Waals surface area contributed by atoms with E-state index in [1.54, 1.807) is 11.3 Å². The number of hydrogen-bond acceptors (Lipinski definition) is 3. The predicted molar refractivity (Wildman–Crippen MR) is 82.3 cm³/mol. The molecule has 1 aromatic heterocycles. The van der Waals surface area contributed by atoms with Crippen molar-refractivity contribution in [2.45, 2.75) is 33.1 Å². The van der Waals surface area contributed by atoms with Crippen molar-refractivity contribution in [1.82, 2.24) is 4.90 Å². The van der Waals surface area contributed by atoms with Crippen LogP contribution in [0, 0.1) is 11.8 Å². The molecule has 4 heteroatoms. The van der Waals surface area contributed by atoms with Gasteiger partial charge in [0.05, 0.1) is 0 Å². The quantitative estimate of drug-likeness (QED) is 0.797. The van der Waals surface area contributed by atoms with Crippen LogP contribution in [0.25, 0.3) is 0 Å². The minimum atomic E-state index is 0.215. The van der Waals surface area contributed by atoms with Gasteiger partial charge >= 0.3 is 0 Å². The summed E-state index contributed by atoms with van der Waals surface area (Å²) < 4.78 is 0. The highest BCUT2D eigenvalue weighted by Crippen LogP contribution is 2.16. The third-order valence-corrected chi connectivity index (χ3v) is 4.24. The first kappa shape index (κ1) is 16.2. The molecule has 3 nitrogen and oxygen atoms in total. The van der Waals surface area contributed by atoms with Gasteiger partial charge in [0.25, 0.3) is 0 Å². The average molecular weight is 282 g/mol. The van der Waals surface area contributed by atoms with Crippen molar-refractivity contribution < 1.29 is 4.79 Å². The zero-order chi connectivity index (χ0) is 14.3. The fourth-order valence-electron chi connectivity index (χ4n) is 2.19. The molecule has 0 fully saturated rings. The van der Waals surface area contributed by atoms with Crippen molar-refractivity contribution in [1.29, 1.82) is 0 Å². The number of carbonyl (C=O) groups excluding carboxylic acids is 1. The maximum atomic E-state index is 12.1. The molecule has 0 spiro atoms. The summed E-state index contributed by atoms with van der Waals surface area (Å²) in [6, 6.07) is 4.17. The van der Waals surface area contributed by atoms with E-state index in [-0.39, 0.29) is 5.91 Å². The Balaban J connectivity index is 2.34. The number of carbonyl (C=O) groups is 1. The molecule has 1 heterocycles. The van der Waals surface area contributed by atoms with Crippen molar-refractivity contribution in [3.05, 3.63) is 22.4 Å². The Bertz CT molecular complexity index is 362. The lowest BCUT2D eigenvalue weighted by Crippen LogP contribution is -2.32. The van der Waals surface area contributed by atoms with Crippen LogP contribution in [-0.2, 0) is 11.2 Å². The van der Waals surface area contributed by atoms with Gasteiger partial charge in [0.2, 0.25) is 5.91 Å². The highest BCUT2D eigenvalue weighted by Gasteiger charge is 2.16. The van der Waals surface area contributed by atoms with E-state index < -0.39 is 0 Å². The van der Waals surface area contributed by atoms with E-state index >= 15 is 0 Å². The van der Waals surface area contributed by atoms with Crippen LogP contribution in [0.15, 0.2) is 17.5 Å². The first-order chi connectivity index (χ1) is 9.02. The maximum absolute atomic E-state index is 12.1. The van der Waals surface area contributed by atoms with Gasteiger partial charge in [0.15, 0.2) is 0 Å². The third kappa shape index (κ3) is 6.21. The number of hydrogen-bond donors (Lipinski definition) is 1. The van der Waals surface area contributed by atoms with E-state index in [4.69, 9.17) is 5.73 Å². The lowest BCUT2D eigenvalue weighted by Gasteiger charge is -2.21. The number of rotatable bonds is 8. The minimum Gasteiger partial charge on any atom is -0.345 e. The second kappa shape index (κ2) is 8.33. The smallest absolute Gasteiger partial charge is 0.222 e. The average Bonchev–Trinajstić information content (AvgIpc) is 2.87. The Morgan fingerprint density at radius 1 is 1.47 bits per heavy atom. The molecule has 19 heavy (non-hydrogen) atoms. The van der Waals surface area contributed by atoms with Gasteiger partial charge in [-0.05, 0) is 42.7 Å². The summed E-state index contributed by atoms with van der Waals surface area (Å²) in [5.41, 5.74) is 5.75. The van der Waals surface area contributed by atoms with Gasteiger partial charge < -0.3 is 10.6 Å². The summed E-state index contributed by atoms with van der Waals surface area (Å²) in [4.78, 5) is 15.3. The van der Waals surface area contributed by atoms with Gasteiger partial charge in [-0.1, -0.05) is 19.9 Å². The van der Waals surface area contributed by atoms with Crippen molar-refractivity contribution in [3.8, 4) is 0 Å². The summed E-state index contributed by atoms with van der Waals surface area (Å²) >= 11 is 1.75. The number of likely N-dealkylation sites (N-methyl/N-ethyl adjacent to an activating group) is 1. The largest absolute Gasteiger partial charge is 0.345 e. The Labute approximate surface area is 120 Å². The van der Waals surface area contributed by atoms with E-state index in [1.807, 2.05) is 11.9 Å². The van der Waals surface area contributed by atoms with Gasteiger partial charge in [-0.2, -0.15) is 0 Å². The summed E-state index contributed by atoms with van der Waals surface area (Å²) in [6.45, 7) is 5.74. The molecule has 0 bridgehead atoms. The Kier molecular flexibility index (Phi) is 7.10. The van der Waals surface area contributed by atoms with Crippen LogP contribution in [0.4, 0.5) is 0 Å². The van der Waals surface area contributed by atoms with Crippen LogP contribution >= 0.6 is 11.3 Å². The van der Waals surface area contributed by atoms with E-state index in [0.717, 1.165) is 19.4 Å². The summed E-state index contributed by atoms with van der Waals surface area (Å²) in [7, 11) is 1.89. The number of nitrogens with zero attached hydrogens (tertiary/aromatic N) is 1. The molecule has 0 saturated carbocycles. The molecule has 0 unspecified atom stereocenters. The molecule has 0 aliphatic carbocycles. The summed E-state index contributed by atoms with van der Waals surface area (Å²) in [5.74, 6) is 1.13. The highest BCUT2D eigenvalue weighted by atomic mass is 32.1. The van der Waals surface area contributed by atoms with E-state index in [0.29, 0.717) is 24.8 Å². The molecule has 0 aliphatic rings. The van der Waals surface area contributed by atoms with Gasteiger partial charge in [-0.15, -0.1) is 11.3 Å². The first-order valence-electron chi connectivity index (χ1n) is 6.99. The van der Waals surface area contributed by atoms with Crippen molar-refractivity contribution in [2.24, 2.45) is 17.6 Å². The molecule has 108 valence electrons. The van der Waals surface area contributed by atoms with Crippen LogP contribution < -0.4 is 5.73 Å². The minimum absolute atomic E-state index is 0.215. The Morgan fingerprint density at radius 2 is 2.21 bits per heavy atom. The lowest BCUT2D eigenvalue weighted by atomic mass is 9.94. The Morgan fingerprint density at radius 3 is 2.74 bits per heavy atom. The van der Waals surface area contributed by atoms with Gasteiger partial charge in [-0.25, -0.2) is 0 Å². The standard InChI is InChI=1S/C15H26N2OS/c1-12(2)9-13(11-16)10-15(18)17(3)7-6-14-5-4-8-19-14/h4-5,8,12-13H,6-7,9-11,16H2,1-3H3/t13-/m0/s1. The summed E-state index contributed by atoms with van der Waals surface area (Å²) in [5, 5.41) is 2.07. The monoisotopic (exact) mass is 282 g/mol. The molecule has 0 radical (unpaired) electrons. The van der Waals surface area contributed by atoms with Gasteiger partial charge in [-0.3, -0.25) is 4.79 Å². The molecule has 2 N–H and O–H groups in total. The highest BCUT2D eigenvalue weighted by molar-refractivity contribution is 7.09. The van der Waals surface area contributed by atoms with Crippen LogP contribution in [0.5, 0.6) is 0 Å². The fourth-order valence-corrected chi connectivity index (χ4v) is 2.89. The van der Waals surface area contributed by atoms with Crippen LogP contribution in [0.3, 0.4) is 0 Å². The van der Waals surface area contributed by atoms with E-state index in [9.17, 15) is 4.79 Å². The second-order valence-electron chi connectivity index (χ2n) is 5.58. The lowest BCUT2D eigenvalue weighted by molar-refractivity contribution is -0.130. The van der Waals surface area contributed by atoms with Crippen LogP contribution in [0.1, 0.15) is 31.6 Å². The number of amides is 1. The Hall–Kier alpha value is -0.870. The molecule has 1 amide bonds. The molecule has 1 aromatic rings. The third-order valence-electron chi connectivity index (χ3n) is 3.30.